The summed E-state index contributed by atoms with van der Waals surface area (Å²) in [6, 6.07) is 9.18. The van der Waals surface area contributed by atoms with E-state index in [0.717, 1.165) is 5.39 Å². The lowest BCUT2D eigenvalue weighted by atomic mass is 10.2. The summed E-state index contributed by atoms with van der Waals surface area (Å²) in [5.41, 5.74) is 1.82. The molecule has 0 spiro atoms. The maximum Gasteiger partial charge on any atom is 0.246 e. The first-order chi connectivity index (χ1) is 8.26. The molecule has 86 valence electrons. The van der Waals surface area contributed by atoms with Gasteiger partial charge in [-0.2, -0.15) is 5.26 Å². The van der Waals surface area contributed by atoms with Gasteiger partial charge in [-0.1, -0.05) is 35.3 Å². The summed E-state index contributed by atoms with van der Waals surface area (Å²) in [5, 5.41) is 10.0. The van der Waals surface area contributed by atoms with Crippen LogP contribution in [0, 0.1) is 11.3 Å². The first-order valence-electron chi connectivity index (χ1n) is 4.75. The second-order valence-electron chi connectivity index (χ2n) is 3.21. The number of halogens is 2. The Balaban J connectivity index is 2.41. The fraction of sp³-hybridized carbons (Fsp3) is 0.0833. The van der Waals surface area contributed by atoms with Gasteiger partial charge in [-0.05, 0) is 12.1 Å². The van der Waals surface area contributed by atoms with Crippen molar-refractivity contribution in [1.82, 2.24) is 0 Å². The van der Waals surface area contributed by atoms with E-state index in [0.29, 0.717) is 16.4 Å². The molecule has 0 aliphatic rings. The average molecular weight is 268 g/mol. The Kier molecular flexibility index (Phi) is 3.58. The number of fused-ring (bicyclic) bond motifs is 1. The molecule has 0 atom stereocenters. The van der Waals surface area contributed by atoms with Crippen LogP contribution in [0.15, 0.2) is 39.3 Å². The van der Waals surface area contributed by atoms with Gasteiger partial charge in [0.05, 0.1) is 10.4 Å². The highest BCUT2D eigenvalue weighted by atomic mass is 35.5. The van der Waals surface area contributed by atoms with Crippen molar-refractivity contribution < 1.29 is 9.15 Å². The number of benzene rings is 1. The zero-order valence-electron chi connectivity index (χ0n) is 8.61. The van der Waals surface area contributed by atoms with Gasteiger partial charge in [0, 0.05) is 5.54 Å². The second-order valence-corrected chi connectivity index (χ2v) is 3.92. The number of hydrogen-bond acceptors (Lipinski definition) is 3. The third-order valence-electron chi connectivity index (χ3n) is 2.12. The van der Waals surface area contributed by atoms with Crippen molar-refractivity contribution in [1.29, 1.82) is 5.26 Å². The Bertz CT molecular complexity index is 610. The summed E-state index contributed by atoms with van der Waals surface area (Å²) in [6.07, 6.45) is 0. The van der Waals surface area contributed by atoms with Crippen LogP contribution in [-0.4, -0.2) is 6.61 Å². The minimum absolute atomic E-state index is 0.100. The lowest BCUT2D eigenvalue weighted by Crippen LogP contribution is -1.97. The van der Waals surface area contributed by atoms with Crippen LogP contribution in [0.5, 0.6) is 5.75 Å². The van der Waals surface area contributed by atoms with Crippen LogP contribution in [0.1, 0.15) is 5.76 Å². The molecule has 0 saturated heterocycles. The summed E-state index contributed by atoms with van der Waals surface area (Å²) in [5.74, 6) is 0.519. The minimum atomic E-state index is 0.100. The van der Waals surface area contributed by atoms with E-state index in [1.54, 1.807) is 6.07 Å². The van der Waals surface area contributed by atoms with Gasteiger partial charge in [0.2, 0.25) is 5.76 Å². The maximum absolute atomic E-state index is 8.94. The Morgan fingerprint density at radius 3 is 2.94 bits per heavy atom. The van der Waals surface area contributed by atoms with Crippen molar-refractivity contribution in [3.63, 3.8) is 0 Å². The molecule has 2 rings (SSSR count). The Morgan fingerprint density at radius 2 is 2.24 bits per heavy atom. The van der Waals surface area contributed by atoms with E-state index in [9.17, 15) is 0 Å². The molecular formula is C12H7Cl2NO2. The molecule has 0 amide bonds. The van der Waals surface area contributed by atoms with E-state index in [2.05, 4.69) is 0 Å². The quantitative estimate of drug-likeness (QED) is 0.845. The fourth-order valence-corrected chi connectivity index (χ4v) is 1.53. The van der Waals surface area contributed by atoms with E-state index < -0.39 is 0 Å². The highest BCUT2D eigenvalue weighted by molar-refractivity contribution is 6.36. The van der Waals surface area contributed by atoms with Crippen LogP contribution in [-0.2, 0) is 0 Å². The molecule has 0 N–H and O–H groups in total. The maximum atomic E-state index is 8.94. The zero-order chi connectivity index (χ0) is 12.3. The van der Waals surface area contributed by atoms with Gasteiger partial charge in [-0.15, -0.1) is 0 Å². The molecule has 2 aromatic rings. The molecule has 0 aliphatic heterocycles. The minimum Gasteiger partial charge on any atom is -0.482 e. The smallest absolute Gasteiger partial charge is 0.246 e. The van der Waals surface area contributed by atoms with Crippen molar-refractivity contribution in [2.45, 2.75) is 0 Å². The van der Waals surface area contributed by atoms with Crippen LogP contribution < -0.4 is 4.74 Å². The third-order valence-corrected chi connectivity index (χ3v) is 2.72. The number of nitriles is 1. The van der Waals surface area contributed by atoms with Crippen LogP contribution >= 0.6 is 23.2 Å². The molecule has 0 saturated carbocycles. The van der Waals surface area contributed by atoms with Crippen LogP contribution in [0.2, 0.25) is 0 Å². The monoisotopic (exact) mass is 267 g/mol. The molecular weight excluding hydrogens is 261 g/mol. The number of nitrogens with zero attached hydrogens (tertiary/aromatic N) is 1. The van der Waals surface area contributed by atoms with Gasteiger partial charge in [0.1, 0.15) is 18.3 Å². The predicted molar refractivity (Wildman–Crippen MR) is 66.2 cm³/mol. The highest BCUT2D eigenvalue weighted by Crippen LogP contribution is 2.32. The normalized spacial score (nSPS) is 11.5. The number of ether oxygens (including phenoxy) is 1. The third kappa shape index (κ3) is 2.38. The number of para-hydroxylation sites is 1. The summed E-state index contributed by atoms with van der Waals surface area (Å²) in [6.45, 7) is 0.100. The van der Waals surface area contributed by atoms with Gasteiger partial charge in [0.25, 0.3) is 0 Å². The first kappa shape index (κ1) is 11.8. The lowest BCUT2D eigenvalue weighted by molar-refractivity contribution is 0.355. The highest BCUT2D eigenvalue weighted by Gasteiger charge is 2.14. The van der Waals surface area contributed by atoms with Gasteiger partial charge < -0.3 is 9.15 Å². The predicted octanol–water partition coefficient (Wildman–Crippen LogP) is 4.00. The summed E-state index contributed by atoms with van der Waals surface area (Å²) in [7, 11) is 0. The van der Waals surface area contributed by atoms with E-state index in [-0.39, 0.29) is 12.4 Å². The van der Waals surface area contributed by atoms with Crippen molar-refractivity contribution in [3.8, 4) is 11.8 Å². The molecule has 1 aromatic carbocycles. The number of hydrogen-bond donors (Lipinski definition) is 0. The molecule has 0 radical (unpaired) electrons. The Labute approximate surface area is 108 Å². The van der Waals surface area contributed by atoms with Crippen molar-refractivity contribution in [3.05, 3.63) is 40.6 Å². The Hall–Kier alpha value is -1.63. The molecule has 0 fully saturated rings. The van der Waals surface area contributed by atoms with Crippen LogP contribution in [0.25, 0.3) is 11.0 Å². The molecule has 1 aromatic heterocycles. The topological polar surface area (TPSA) is 46.2 Å². The standard InChI is InChI=1S/C12H7Cl2NO2/c13-5-8(14)7-16-12-9-3-1-2-4-10(9)17-11(12)6-15/h1-5H,7H2/b8-5+. The lowest BCUT2D eigenvalue weighted by Gasteiger charge is -2.02. The molecule has 0 bridgehead atoms. The van der Waals surface area contributed by atoms with E-state index in [1.165, 1.54) is 5.54 Å². The number of rotatable bonds is 3. The molecule has 0 unspecified atom stereocenters. The van der Waals surface area contributed by atoms with Gasteiger partial charge >= 0.3 is 0 Å². The van der Waals surface area contributed by atoms with Gasteiger partial charge in [0.15, 0.2) is 5.75 Å². The zero-order valence-corrected chi connectivity index (χ0v) is 10.1. The van der Waals surface area contributed by atoms with E-state index in [1.807, 2.05) is 24.3 Å². The molecule has 17 heavy (non-hydrogen) atoms. The SMILES string of the molecule is N#Cc1oc2ccccc2c1OC/C(Cl)=C\Cl. The van der Waals surface area contributed by atoms with Gasteiger partial charge in [-0.25, -0.2) is 0 Å². The van der Waals surface area contributed by atoms with Crippen LogP contribution in [0.4, 0.5) is 0 Å². The van der Waals surface area contributed by atoms with Crippen molar-refractivity contribution in [2.75, 3.05) is 6.61 Å². The number of furan rings is 1. The van der Waals surface area contributed by atoms with E-state index >= 15 is 0 Å². The summed E-state index contributed by atoms with van der Waals surface area (Å²) < 4.78 is 10.8. The summed E-state index contributed by atoms with van der Waals surface area (Å²) >= 11 is 11.1. The fourth-order valence-electron chi connectivity index (χ4n) is 1.41. The average Bonchev–Trinajstić information content (AvgIpc) is 2.73. The van der Waals surface area contributed by atoms with Crippen molar-refractivity contribution in [2.24, 2.45) is 0 Å². The first-order valence-corrected chi connectivity index (χ1v) is 5.57. The van der Waals surface area contributed by atoms with E-state index in [4.69, 9.17) is 37.6 Å². The molecule has 0 aliphatic carbocycles. The summed E-state index contributed by atoms with van der Waals surface area (Å²) in [4.78, 5) is 0. The molecule has 3 nitrogen and oxygen atoms in total. The van der Waals surface area contributed by atoms with Crippen LogP contribution in [0.3, 0.4) is 0 Å². The van der Waals surface area contributed by atoms with Crippen molar-refractivity contribution >= 4 is 34.2 Å². The molecule has 5 heteroatoms. The second kappa shape index (κ2) is 5.13. The molecule has 1 heterocycles. The largest absolute Gasteiger partial charge is 0.482 e. The Morgan fingerprint density at radius 1 is 1.47 bits per heavy atom. The van der Waals surface area contributed by atoms with Gasteiger partial charge in [-0.3, -0.25) is 0 Å².